The van der Waals surface area contributed by atoms with Crippen LogP contribution >= 0.6 is 11.6 Å². The predicted molar refractivity (Wildman–Crippen MR) is 114 cm³/mol. The average Bonchev–Trinajstić information content (AvgIpc) is 2.77. The number of halogens is 4. The Morgan fingerprint density at radius 3 is 2.31 bits per heavy atom. The first kappa shape index (κ1) is 23.8. The lowest BCUT2D eigenvalue weighted by Crippen LogP contribution is -2.49. The third kappa shape index (κ3) is 5.91. The summed E-state index contributed by atoms with van der Waals surface area (Å²) in [5.41, 5.74) is -0.383. The van der Waals surface area contributed by atoms with Crippen LogP contribution in [0.2, 0.25) is 5.02 Å². The van der Waals surface area contributed by atoms with Crippen LogP contribution in [-0.2, 0) is 11.0 Å². The number of piperazine rings is 1. The van der Waals surface area contributed by atoms with Gasteiger partial charge < -0.3 is 14.5 Å². The quantitative estimate of drug-likeness (QED) is 0.560. The van der Waals surface area contributed by atoms with Crippen LogP contribution in [0.3, 0.4) is 0 Å². The zero-order chi connectivity index (χ0) is 23.3. The summed E-state index contributed by atoms with van der Waals surface area (Å²) in [6.07, 6.45) is -3.57. The van der Waals surface area contributed by atoms with Gasteiger partial charge >= 0.3 is 6.18 Å². The van der Waals surface area contributed by atoms with Crippen molar-refractivity contribution in [2.45, 2.75) is 25.9 Å². The van der Waals surface area contributed by atoms with Crippen molar-refractivity contribution in [2.24, 2.45) is 0 Å². The molecule has 0 bridgehead atoms. The second-order valence-corrected chi connectivity index (χ2v) is 7.68. The number of aromatic nitrogens is 1. The van der Waals surface area contributed by atoms with E-state index >= 15 is 0 Å². The highest BCUT2D eigenvalue weighted by Crippen LogP contribution is 2.33. The number of hydrogen-bond acceptors (Lipinski definition) is 5. The number of rotatable bonds is 7. The lowest BCUT2D eigenvalue weighted by atomic mass is 10.1. The van der Waals surface area contributed by atoms with Crippen LogP contribution in [0.4, 0.5) is 19.0 Å². The summed E-state index contributed by atoms with van der Waals surface area (Å²) in [6, 6.07) is 7.65. The molecule has 10 heteroatoms. The number of pyridine rings is 1. The minimum Gasteiger partial charge on any atom is -0.494 e. The normalized spacial score (nSPS) is 14.4. The first-order chi connectivity index (χ1) is 15.2. The molecule has 1 aromatic heterocycles. The largest absolute Gasteiger partial charge is 0.494 e. The van der Waals surface area contributed by atoms with Crippen LogP contribution in [0.15, 0.2) is 36.5 Å². The molecule has 6 nitrogen and oxygen atoms in total. The SMILES string of the molecule is CCOc1ccc(C(=O)CCC(=O)N2CCN(c3ncc(C(F)(F)F)cc3Cl)CC2)cc1. The van der Waals surface area contributed by atoms with E-state index < -0.39 is 11.7 Å². The van der Waals surface area contributed by atoms with Crippen LogP contribution in [0.5, 0.6) is 5.75 Å². The molecule has 3 rings (SSSR count). The number of carbonyl (C=O) groups excluding carboxylic acids is 2. The van der Waals surface area contributed by atoms with Crippen LogP contribution in [0.1, 0.15) is 35.7 Å². The Morgan fingerprint density at radius 2 is 1.75 bits per heavy atom. The van der Waals surface area contributed by atoms with Crippen molar-refractivity contribution < 1.29 is 27.5 Å². The van der Waals surface area contributed by atoms with E-state index in [2.05, 4.69) is 4.98 Å². The first-order valence-corrected chi connectivity index (χ1v) is 10.6. The van der Waals surface area contributed by atoms with E-state index in [1.54, 1.807) is 34.1 Å². The summed E-state index contributed by atoms with van der Waals surface area (Å²) in [4.78, 5) is 32.1. The number of anilines is 1. The third-order valence-corrected chi connectivity index (χ3v) is 5.41. The van der Waals surface area contributed by atoms with E-state index in [9.17, 15) is 22.8 Å². The second kappa shape index (κ2) is 10.2. The molecule has 2 aromatic rings. The third-order valence-electron chi connectivity index (χ3n) is 5.13. The van der Waals surface area contributed by atoms with E-state index in [0.29, 0.717) is 44.1 Å². The number of amides is 1. The minimum atomic E-state index is -4.51. The summed E-state index contributed by atoms with van der Waals surface area (Å²) in [7, 11) is 0. The van der Waals surface area contributed by atoms with Crippen LogP contribution in [0, 0.1) is 0 Å². The van der Waals surface area contributed by atoms with E-state index in [0.717, 1.165) is 12.3 Å². The molecule has 1 saturated heterocycles. The molecule has 1 aromatic carbocycles. The van der Waals surface area contributed by atoms with Crippen molar-refractivity contribution in [2.75, 3.05) is 37.7 Å². The monoisotopic (exact) mass is 469 g/mol. The zero-order valence-corrected chi connectivity index (χ0v) is 18.2. The molecule has 0 aliphatic carbocycles. The van der Waals surface area contributed by atoms with Gasteiger partial charge in [0.25, 0.3) is 0 Å². The number of Topliss-reactive ketones (excluding diaryl/α,β-unsaturated/α-hetero) is 1. The van der Waals surface area contributed by atoms with Crippen molar-refractivity contribution in [1.82, 2.24) is 9.88 Å². The molecule has 172 valence electrons. The Morgan fingerprint density at radius 1 is 1.09 bits per heavy atom. The molecule has 32 heavy (non-hydrogen) atoms. The Labute approximate surface area is 188 Å². The van der Waals surface area contributed by atoms with Gasteiger partial charge in [0.05, 0.1) is 17.2 Å². The standard InChI is InChI=1S/C22H23ClF3N3O3/c1-2-32-17-5-3-15(4-6-17)19(30)7-8-20(31)28-9-11-29(12-10-28)21-18(23)13-16(14-27-21)22(24,25)26/h3-6,13-14H,2,7-12H2,1H3. The molecule has 0 atom stereocenters. The van der Waals surface area contributed by atoms with Crippen molar-refractivity contribution in [3.63, 3.8) is 0 Å². The molecule has 2 heterocycles. The van der Waals surface area contributed by atoms with E-state index in [1.807, 2.05) is 6.92 Å². The molecule has 0 radical (unpaired) electrons. The molecular formula is C22H23ClF3N3O3. The van der Waals surface area contributed by atoms with Gasteiger partial charge in [0.15, 0.2) is 5.78 Å². The number of nitrogens with zero attached hydrogens (tertiary/aromatic N) is 3. The van der Waals surface area contributed by atoms with Gasteiger partial charge in [-0.15, -0.1) is 0 Å². The van der Waals surface area contributed by atoms with E-state index in [4.69, 9.17) is 16.3 Å². The molecule has 1 amide bonds. The maximum Gasteiger partial charge on any atom is 0.417 e. The molecular weight excluding hydrogens is 447 g/mol. The number of ether oxygens (including phenoxy) is 1. The Hall–Kier alpha value is -2.81. The number of carbonyl (C=O) groups is 2. The lowest BCUT2D eigenvalue weighted by molar-refractivity contribution is -0.137. The summed E-state index contributed by atoms with van der Waals surface area (Å²) in [6.45, 7) is 3.92. The number of benzene rings is 1. The van der Waals surface area contributed by atoms with Crippen LogP contribution < -0.4 is 9.64 Å². The van der Waals surface area contributed by atoms with Gasteiger partial charge in [-0.1, -0.05) is 11.6 Å². The Kier molecular flexibility index (Phi) is 7.60. The molecule has 1 aliphatic heterocycles. The summed E-state index contributed by atoms with van der Waals surface area (Å²) < 4.78 is 43.7. The van der Waals surface area contributed by atoms with Crippen molar-refractivity contribution in [3.05, 3.63) is 52.7 Å². The average molecular weight is 470 g/mol. The van der Waals surface area contributed by atoms with Crippen molar-refractivity contribution in [1.29, 1.82) is 0 Å². The highest BCUT2D eigenvalue weighted by molar-refractivity contribution is 6.33. The van der Waals surface area contributed by atoms with Gasteiger partial charge in [-0.2, -0.15) is 13.2 Å². The number of alkyl halides is 3. The first-order valence-electron chi connectivity index (χ1n) is 10.2. The van der Waals surface area contributed by atoms with E-state index in [-0.39, 0.29) is 35.4 Å². The van der Waals surface area contributed by atoms with Crippen molar-refractivity contribution >= 4 is 29.1 Å². The van der Waals surface area contributed by atoms with Gasteiger partial charge in [-0.25, -0.2) is 4.98 Å². The van der Waals surface area contributed by atoms with Gasteiger partial charge in [-0.3, -0.25) is 9.59 Å². The van der Waals surface area contributed by atoms with Crippen LogP contribution in [-0.4, -0.2) is 54.4 Å². The van der Waals surface area contributed by atoms with Gasteiger partial charge in [0, 0.05) is 50.8 Å². The lowest BCUT2D eigenvalue weighted by Gasteiger charge is -2.35. The summed E-state index contributed by atoms with van der Waals surface area (Å²) >= 11 is 6.01. The van der Waals surface area contributed by atoms with Gasteiger partial charge in [-0.05, 0) is 37.3 Å². The fourth-order valence-electron chi connectivity index (χ4n) is 3.41. The zero-order valence-electron chi connectivity index (χ0n) is 17.5. The maximum absolute atomic E-state index is 12.8. The Bertz CT molecular complexity index is 959. The molecule has 0 N–H and O–H groups in total. The molecule has 0 saturated carbocycles. The molecule has 0 spiro atoms. The predicted octanol–water partition coefficient (Wildman–Crippen LogP) is 4.46. The minimum absolute atomic E-state index is 0.0828. The highest BCUT2D eigenvalue weighted by Gasteiger charge is 2.32. The van der Waals surface area contributed by atoms with Crippen LogP contribution in [0.25, 0.3) is 0 Å². The summed E-state index contributed by atoms with van der Waals surface area (Å²) in [5.74, 6) is 0.675. The number of hydrogen-bond donors (Lipinski definition) is 0. The summed E-state index contributed by atoms with van der Waals surface area (Å²) in [5, 5.41) is -0.0828. The molecule has 0 unspecified atom stereocenters. The van der Waals surface area contributed by atoms with E-state index in [1.165, 1.54) is 0 Å². The van der Waals surface area contributed by atoms with Gasteiger partial charge in [0.2, 0.25) is 5.91 Å². The Balaban J connectivity index is 1.49. The van der Waals surface area contributed by atoms with Crippen molar-refractivity contribution in [3.8, 4) is 5.75 Å². The fraction of sp³-hybridized carbons (Fsp3) is 0.409. The van der Waals surface area contributed by atoms with Gasteiger partial charge in [0.1, 0.15) is 11.6 Å². The molecule has 1 fully saturated rings. The number of ketones is 1. The highest BCUT2D eigenvalue weighted by atomic mass is 35.5. The fourth-order valence-corrected chi connectivity index (χ4v) is 3.70. The molecule has 1 aliphatic rings. The smallest absolute Gasteiger partial charge is 0.417 e. The topological polar surface area (TPSA) is 62.7 Å². The maximum atomic E-state index is 12.8. The second-order valence-electron chi connectivity index (χ2n) is 7.28.